The number of hydrogen-bond donors (Lipinski definition) is 2. The molecular weight excluding hydrogens is 352 g/mol. The normalized spacial score (nSPS) is 20.2. The zero-order chi connectivity index (χ0) is 19.9. The second-order valence-corrected chi connectivity index (χ2v) is 7.52. The van der Waals surface area contributed by atoms with Crippen LogP contribution in [-0.4, -0.2) is 33.2 Å². The highest BCUT2D eigenvalue weighted by Gasteiger charge is 2.28. The van der Waals surface area contributed by atoms with Crippen molar-refractivity contribution in [1.29, 1.82) is 0 Å². The summed E-state index contributed by atoms with van der Waals surface area (Å²) < 4.78 is 10.8. The zero-order valence-corrected chi connectivity index (χ0v) is 17.0. The summed E-state index contributed by atoms with van der Waals surface area (Å²) >= 11 is 0. The average molecular weight is 384 g/mol. The van der Waals surface area contributed by atoms with E-state index >= 15 is 0 Å². The molecule has 0 unspecified atom stereocenters. The molecule has 5 nitrogen and oxygen atoms in total. The van der Waals surface area contributed by atoms with E-state index in [2.05, 4.69) is 17.4 Å². The van der Waals surface area contributed by atoms with Gasteiger partial charge in [0.15, 0.2) is 0 Å². The molecule has 2 N–H and O–H groups in total. The van der Waals surface area contributed by atoms with Crippen molar-refractivity contribution in [3.05, 3.63) is 59.7 Å². The summed E-state index contributed by atoms with van der Waals surface area (Å²) in [6, 6.07) is 16.1. The molecule has 0 aromatic heterocycles. The van der Waals surface area contributed by atoms with Gasteiger partial charge in [-0.2, -0.15) is 0 Å². The predicted molar refractivity (Wildman–Crippen MR) is 110 cm³/mol. The van der Waals surface area contributed by atoms with E-state index in [1.165, 1.54) is 4.90 Å². The smallest absolute Gasteiger partial charge is 0.224 e. The number of benzene rings is 2. The van der Waals surface area contributed by atoms with Crippen LogP contribution in [0.3, 0.4) is 0 Å². The fourth-order valence-electron chi connectivity index (χ4n) is 3.91. The van der Waals surface area contributed by atoms with Crippen LogP contribution < -0.4 is 19.7 Å². The lowest BCUT2D eigenvalue weighted by molar-refractivity contribution is -0.919. The van der Waals surface area contributed by atoms with Crippen molar-refractivity contribution in [3.8, 4) is 11.5 Å². The number of nitrogens with one attached hydrogen (secondary N) is 2. The summed E-state index contributed by atoms with van der Waals surface area (Å²) in [5, 5.41) is 3.18. The second kappa shape index (κ2) is 9.60. The number of rotatable bonds is 7. The molecule has 1 aliphatic rings. The third-order valence-electron chi connectivity index (χ3n) is 5.65. The molecule has 5 heteroatoms. The van der Waals surface area contributed by atoms with E-state index in [-0.39, 0.29) is 17.9 Å². The third-order valence-corrected chi connectivity index (χ3v) is 5.65. The maximum Gasteiger partial charge on any atom is 0.224 e. The summed E-state index contributed by atoms with van der Waals surface area (Å²) in [6.07, 6.45) is 1.82. The minimum absolute atomic E-state index is 0.0418. The molecule has 0 saturated carbocycles. The Balaban J connectivity index is 1.52. The van der Waals surface area contributed by atoms with Gasteiger partial charge >= 0.3 is 0 Å². The van der Waals surface area contributed by atoms with Crippen molar-refractivity contribution in [1.82, 2.24) is 5.32 Å². The van der Waals surface area contributed by atoms with E-state index in [0.29, 0.717) is 0 Å². The van der Waals surface area contributed by atoms with Crippen molar-refractivity contribution >= 4 is 5.91 Å². The molecule has 0 spiro atoms. The maximum atomic E-state index is 12.7. The molecule has 3 rings (SSSR count). The molecule has 1 amide bonds. The molecule has 1 fully saturated rings. The summed E-state index contributed by atoms with van der Waals surface area (Å²) in [5.74, 6) is 2.01. The van der Waals surface area contributed by atoms with Crippen LogP contribution in [0.4, 0.5) is 0 Å². The topological polar surface area (TPSA) is 52.0 Å². The summed E-state index contributed by atoms with van der Waals surface area (Å²) in [6.45, 7) is 4.90. The molecule has 2 aromatic rings. The SMILES string of the molecule is COc1ccc(OC)c(C[NH+]2CCC(C(=O)N[C@@H](C)c3ccccc3)CC2)c1. The van der Waals surface area contributed by atoms with Crippen molar-refractivity contribution in [2.75, 3.05) is 27.3 Å². The number of piperidine rings is 1. The molecule has 0 radical (unpaired) electrons. The highest BCUT2D eigenvalue weighted by Crippen LogP contribution is 2.23. The van der Waals surface area contributed by atoms with Crippen molar-refractivity contribution in [2.45, 2.75) is 32.4 Å². The molecule has 1 aliphatic heterocycles. The van der Waals surface area contributed by atoms with Crippen LogP contribution in [0.25, 0.3) is 0 Å². The maximum absolute atomic E-state index is 12.7. The Morgan fingerprint density at radius 1 is 1.11 bits per heavy atom. The fourth-order valence-corrected chi connectivity index (χ4v) is 3.91. The Morgan fingerprint density at radius 2 is 1.82 bits per heavy atom. The van der Waals surface area contributed by atoms with E-state index in [4.69, 9.17) is 9.47 Å². The Morgan fingerprint density at radius 3 is 2.46 bits per heavy atom. The first kappa shape index (κ1) is 20.2. The first-order valence-corrected chi connectivity index (χ1v) is 10.0. The van der Waals surface area contributed by atoms with E-state index < -0.39 is 0 Å². The quantitative estimate of drug-likeness (QED) is 0.772. The van der Waals surface area contributed by atoms with Crippen LogP contribution in [0.2, 0.25) is 0 Å². The van der Waals surface area contributed by atoms with Gasteiger partial charge in [-0.25, -0.2) is 0 Å². The number of quaternary nitrogens is 1. The van der Waals surface area contributed by atoms with Gasteiger partial charge in [0.1, 0.15) is 18.0 Å². The molecule has 0 bridgehead atoms. The minimum atomic E-state index is 0.0418. The predicted octanol–water partition coefficient (Wildman–Crippen LogP) is 2.38. The monoisotopic (exact) mass is 383 g/mol. The molecule has 1 saturated heterocycles. The number of methoxy groups -OCH3 is 2. The van der Waals surface area contributed by atoms with Gasteiger partial charge in [0.2, 0.25) is 5.91 Å². The van der Waals surface area contributed by atoms with Crippen molar-refractivity contribution in [3.63, 3.8) is 0 Å². The molecule has 28 heavy (non-hydrogen) atoms. The average Bonchev–Trinajstić information content (AvgIpc) is 2.74. The van der Waals surface area contributed by atoms with E-state index in [1.807, 2.05) is 43.3 Å². The molecule has 2 aromatic carbocycles. The third kappa shape index (κ3) is 5.04. The first-order chi connectivity index (χ1) is 13.6. The Hall–Kier alpha value is -2.53. The number of hydrogen-bond acceptors (Lipinski definition) is 3. The zero-order valence-electron chi connectivity index (χ0n) is 17.0. The van der Waals surface area contributed by atoms with Gasteiger partial charge in [0.25, 0.3) is 0 Å². The molecule has 150 valence electrons. The Labute approximate surface area is 167 Å². The molecule has 1 heterocycles. The van der Waals surface area contributed by atoms with Gasteiger partial charge in [-0.05, 0) is 30.7 Å². The van der Waals surface area contributed by atoms with Crippen LogP contribution in [-0.2, 0) is 11.3 Å². The molecule has 0 aliphatic carbocycles. The van der Waals surface area contributed by atoms with Crippen LogP contribution in [0.15, 0.2) is 48.5 Å². The van der Waals surface area contributed by atoms with Gasteiger partial charge in [-0.3, -0.25) is 4.79 Å². The molecular formula is C23H31N2O3+. The van der Waals surface area contributed by atoms with E-state index in [1.54, 1.807) is 14.2 Å². The number of likely N-dealkylation sites (tertiary alicyclic amines) is 1. The standard InChI is InChI=1S/C23H30N2O3/c1-17(18-7-5-4-6-8-18)24-23(26)19-11-13-25(14-12-19)16-20-15-21(27-2)9-10-22(20)28-3/h4-10,15,17,19H,11-14,16H2,1-3H3,(H,24,26)/p+1/t17-/m0/s1. The van der Waals surface area contributed by atoms with Crippen LogP contribution in [0, 0.1) is 5.92 Å². The number of carbonyl (C=O) groups excluding carboxylic acids is 1. The number of amides is 1. The number of ether oxygens (including phenoxy) is 2. The second-order valence-electron chi connectivity index (χ2n) is 7.52. The fraction of sp³-hybridized carbons (Fsp3) is 0.435. The first-order valence-electron chi connectivity index (χ1n) is 10.0. The number of carbonyl (C=O) groups is 1. The van der Waals surface area contributed by atoms with E-state index in [9.17, 15) is 4.79 Å². The lowest BCUT2D eigenvalue weighted by atomic mass is 9.94. The van der Waals surface area contributed by atoms with Gasteiger partial charge in [0, 0.05) is 18.8 Å². The highest BCUT2D eigenvalue weighted by atomic mass is 16.5. The Bertz CT molecular complexity index is 771. The summed E-state index contributed by atoms with van der Waals surface area (Å²) in [4.78, 5) is 14.2. The minimum Gasteiger partial charge on any atom is -0.497 e. The van der Waals surface area contributed by atoms with Crippen molar-refractivity contribution < 1.29 is 19.2 Å². The van der Waals surface area contributed by atoms with Gasteiger partial charge in [-0.15, -0.1) is 0 Å². The lowest BCUT2D eigenvalue weighted by Crippen LogP contribution is -3.11. The largest absolute Gasteiger partial charge is 0.497 e. The Kier molecular flexibility index (Phi) is 6.93. The molecule has 1 atom stereocenters. The van der Waals surface area contributed by atoms with Crippen LogP contribution in [0.5, 0.6) is 11.5 Å². The van der Waals surface area contributed by atoms with Gasteiger partial charge < -0.3 is 19.7 Å². The van der Waals surface area contributed by atoms with E-state index in [0.717, 1.165) is 55.1 Å². The van der Waals surface area contributed by atoms with Crippen LogP contribution in [0.1, 0.15) is 36.9 Å². The van der Waals surface area contributed by atoms with Gasteiger partial charge in [-0.1, -0.05) is 30.3 Å². The lowest BCUT2D eigenvalue weighted by Gasteiger charge is -2.30. The van der Waals surface area contributed by atoms with Gasteiger partial charge in [0.05, 0.1) is 38.9 Å². The van der Waals surface area contributed by atoms with Crippen molar-refractivity contribution in [2.24, 2.45) is 5.92 Å². The van der Waals surface area contributed by atoms with Crippen LogP contribution >= 0.6 is 0 Å². The summed E-state index contributed by atoms with van der Waals surface area (Å²) in [5.41, 5.74) is 2.29. The highest BCUT2D eigenvalue weighted by molar-refractivity contribution is 5.79. The summed E-state index contributed by atoms with van der Waals surface area (Å²) in [7, 11) is 3.38.